The number of rotatable bonds is 4. The second-order valence-electron chi connectivity index (χ2n) is 5.79. The lowest BCUT2D eigenvalue weighted by atomic mass is 10.2. The third kappa shape index (κ3) is 3.56. The van der Waals surface area contributed by atoms with Crippen molar-refractivity contribution >= 4 is 5.69 Å². The first-order chi connectivity index (χ1) is 10.2. The molecule has 1 atom stereocenters. The Bertz CT molecular complexity index is 597. The summed E-state index contributed by atoms with van der Waals surface area (Å²) in [6.07, 6.45) is 1.29. The van der Waals surface area contributed by atoms with Crippen LogP contribution < -0.4 is 10.5 Å². The average molecular weight is 282 g/mol. The zero-order chi connectivity index (χ0) is 14.7. The number of nitrogen functional groups attached to an aromatic ring is 1. The zero-order valence-electron chi connectivity index (χ0n) is 12.5. The van der Waals surface area contributed by atoms with Crippen LogP contribution in [-0.2, 0) is 6.54 Å². The number of hydrogen-bond donors (Lipinski definition) is 1. The lowest BCUT2D eigenvalue weighted by Gasteiger charge is -2.18. The fourth-order valence-corrected chi connectivity index (χ4v) is 2.83. The highest BCUT2D eigenvalue weighted by molar-refractivity contribution is 5.54. The number of ether oxygens (including phenoxy) is 1. The highest BCUT2D eigenvalue weighted by Crippen LogP contribution is 2.26. The van der Waals surface area contributed by atoms with Crippen LogP contribution in [0.15, 0.2) is 48.5 Å². The highest BCUT2D eigenvalue weighted by atomic mass is 16.5. The summed E-state index contributed by atoms with van der Waals surface area (Å²) >= 11 is 0. The Balaban J connectivity index is 1.57. The zero-order valence-corrected chi connectivity index (χ0v) is 12.5. The van der Waals surface area contributed by atoms with E-state index in [1.54, 1.807) is 0 Å². The Morgan fingerprint density at radius 3 is 2.76 bits per heavy atom. The van der Waals surface area contributed by atoms with Crippen LogP contribution in [0, 0.1) is 6.92 Å². The van der Waals surface area contributed by atoms with E-state index in [0.29, 0.717) is 0 Å². The summed E-state index contributed by atoms with van der Waals surface area (Å²) in [6, 6.07) is 16.6. The number of nitrogens with two attached hydrogens (primary N) is 1. The van der Waals surface area contributed by atoms with Gasteiger partial charge in [0.05, 0.1) is 5.69 Å². The highest BCUT2D eigenvalue weighted by Gasteiger charge is 2.24. The molecule has 1 aliphatic rings. The van der Waals surface area contributed by atoms with Crippen LogP contribution in [0.4, 0.5) is 5.69 Å². The van der Waals surface area contributed by atoms with Crippen LogP contribution in [-0.4, -0.2) is 24.1 Å². The molecule has 0 amide bonds. The van der Waals surface area contributed by atoms with E-state index in [1.165, 1.54) is 5.56 Å². The van der Waals surface area contributed by atoms with E-state index in [-0.39, 0.29) is 6.10 Å². The molecule has 0 aromatic heterocycles. The molecule has 1 aliphatic heterocycles. The lowest BCUT2D eigenvalue weighted by molar-refractivity contribution is 0.199. The minimum Gasteiger partial charge on any atom is -0.487 e. The molecule has 2 aromatic rings. The monoisotopic (exact) mass is 282 g/mol. The standard InChI is InChI=1S/C18H22N2O/c1-14-7-8-18(17(19)11-14)21-16-9-10-20(13-16)12-15-5-3-2-4-6-15/h2-8,11,16H,9-10,12-13,19H2,1H3. The molecule has 0 radical (unpaired) electrons. The molecule has 3 nitrogen and oxygen atoms in total. The van der Waals surface area contributed by atoms with Gasteiger partial charge in [0.25, 0.3) is 0 Å². The number of likely N-dealkylation sites (tertiary alicyclic amines) is 1. The van der Waals surface area contributed by atoms with Crippen molar-refractivity contribution in [1.29, 1.82) is 0 Å². The van der Waals surface area contributed by atoms with Gasteiger partial charge >= 0.3 is 0 Å². The summed E-state index contributed by atoms with van der Waals surface area (Å²) in [7, 11) is 0. The van der Waals surface area contributed by atoms with Crippen LogP contribution in [0.3, 0.4) is 0 Å². The maximum atomic E-state index is 6.06. The van der Waals surface area contributed by atoms with Crippen LogP contribution >= 0.6 is 0 Å². The molecule has 1 unspecified atom stereocenters. The van der Waals surface area contributed by atoms with Gasteiger partial charge in [-0.3, -0.25) is 4.90 Å². The van der Waals surface area contributed by atoms with Crippen LogP contribution in [0.5, 0.6) is 5.75 Å². The molecule has 3 rings (SSSR count). The van der Waals surface area contributed by atoms with E-state index in [1.807, 2.05) is 25.1 Å². The van der Waals surface area contributed by atoms with Gasteiger partial charge in [0.15, 0.2) is 0 Å². The van der Waals surface area contributed by atoms with Gasteiger partial charge in [-0.25, -0.2) is 0 Å². The van der Waals surface area contributed by atoms with Gasteiger partial charge in [-0.05, 0) is 36.6 Å². The second-order valence-corrected chi connectivity index (χ2v) is 5.79. The fraction of sp³-hybridized carbons (Fsp3) is 0.333. The fourth-order valence-electron chi connectivity index (χ4n) is 2.83. The maximum Gasteiger partial charge on any atom is 0.142 e. The average Bonchev–Trinajstić information content (AvgIpc) is 2.90. The summed E-state index contributed by atoms with van der Waals surface area (Å²) < 4.78 is 6.06. The predicted octanol–water partition coefficient (Wildman–Crippen LogP) is 3.23. The molecule has 0 aliphatic carbocycles. The van der Waals surface area contributed by atoms with Gasteiger partial charge in [-0.15, -0.1) is 0 Å². The van der Waals surface area contributed by atoms with Crippen molar-refractivity contribution in [2.45, 2.75) is 26.0 Å². The topological polar surface area (TPSA) is 38.5 Å². The van der Waals surface area contributed by atoms with Gasteiger partial charge in [0.1, 0.15) is 11.9 Å². The first-order valence-corrected chi connectivity index (χ1v) is 7.50. The summed E-state index contributed by atoms with van der Waals surface area (Å²) in [5.74, 6) is 0.812. The smallest absolute Gasteiger partial charge is 0.142 e. The largest absolute Gasteiger partial charge is 0.487 e. The minimum atomic E-state index is 0.235. The van der Waals surface area contributed by atoms with Crippen LogP contribution in [0.1, 0.15) is 17.5 Å². The summed E-state index contributed by atoms with van der Waals surface area (Å²) in [4.78, 5) is 2.43. The number of hydrogen-bond acceptors (Lipinski definition) is 3. The minimum absolute atomic E-state index is 0.235. The number of aryl methyl sites for hydroxylation is 1. The number of benzene rings is 2. The number of nitrogens with zero attached hydrogens (tertiary/aromatic N) is 1. The second kappa shape index (κ2) is 6.19. The molecule has 1 heterocycles. The molecule has 0 bridgehead atoms. The SMILES string of the molecule is Cc1ccc(OC2CCN(Cc3ccccc3)C2)c(N)c1. The third-order valence-corrected chi connectivity index (χ3v) is 3.94. The Hall–Kier alpha value is -2.00. The van der Waals surface area contributed by atoms with Crippen LogP contribution in [0.2, 0.25) is 0 Å². The molecule has 3 heteroatoms. The predicted molar refractivity (Wildman–Crippen MR) is 86.3 cm³/mol. The molecule has 0 saturated carbocycles. The molecule has 21 heavy (non-hydrogen) atoms. The van der Waals surface area contributed by atoms with Crippen molar-refractivity contribution < 1.29 is 4.74 Å². The molecule has 2 N–H and O–H groups in total. The molecular weight excluding hydrogens is 260 g/mol. The van der Waals surface area contributed by atoms with Crippen molar-refractivity contribution in [3.63, 3.8) is 0 Å². The van der Waals surface area contributed by atoms with Crippen LogP contribution in [0.25, 0.3) is 0 Å². The van der Waals surface area contributed by atoms with E-state index in [2.05, 4.69) is 35.2 Å². The van der Waals surface area contributed by atoms with Crippen molar-refractivity contribution in [2.75, 3.05) is 18.8 Å². The van der Waals surface area contributed by atoms with Gasteiger partial charge in [-0.2, -0.15) is 0 Å². The van der Waals surface area contributed by atoms with Gasteiger partial charge in [-0.1, -0.05) is 36.4 Å². The Kier molecular flexibility index (Phi) is 4.11. The lowest BCUT2D eigenvalue weighted by Crippen LogP contribution is -2.24. The van der Waals surface area contributed by atoms with E-state index in [4.69, 9.17) is 10.5 Å². The normalized spacial score (nSPS) is 18.8. The molecule has 1 saturated heterocycles. The summed E-state index contributed by atoms with van der Waals surface area (Å²) in [6.45, 7) is 5.06. The summed E-state index contributed by atoms with van der Waals surface area (Å²) in [5.41, 5.74) is 9.27. The van der Waals surface area contributed by atoms with Gasteiger partial charge in [0.2, 0.25) is 0 Å². The quantitative estimate of drug-likeness (QED) is 0.875. The van der Waals surface area contributed by atoms with Gasteiger partial charge < -0.3 is 10.5 Å². The Morgan fingerprint density at radius 2 is 2.00 bits per heavy atom. The Morgan fingerprint density at radius 1 is 1.19 bits per heavy atom. The van der Waals surface area contributed by atoms with Crippen molar-refractivity contribution in [3.05, 3.63) is 59.7 Å². The van der Waals surface area contributed by atoms with E-state index in [9.17, 15) is 0 Å². The summed E-state index contributed by atoms with van der Waals surface area (Å²) in [5, 5.41) is 0. The van der Waals surface area contributed by atoms with E-state index < -0.39 is 0 Å². The third-order valence-electron chi connectivity index (χ3n) is 3.94. The maximum absolute atomic E-state index is 6.06. The molecule has 1 fully saturated rings. The van der Waals surface area contributed by atoms with Crippen molar-refractivity contribution in [1.82, 2.24) is 4.90 Å². The molecular formula is C18H22N2O. The first-order valence-electron chi connectivity index (χ1n) is 7.50. The Labute approximate surface area is 126 Å². The molecule has 110 valence electrons. The first kappa shape index (κ1) is 14.0. The van der Waals surface area contributed by atoms with Gasteiger partial charge in [0, 0.05) is 19.6 Å². The molecule has 2 aromatic carbocycles. The van der Waals surface area contributed by atoms with Crippen molar-refractivity contribution in [2.24, 2.45) is 0 Å². The van der Waals surface area contributed by atoms with E-state index >= 15 is 0 Å². The molecule has 0 spiro atoms. The van der Waals surface area contributed by atoms with Crippen molar-refractivity contribution in [3.8, 4) is 5.75 Å². The number of anilines is 1. The van der Waals surface area contributed by atoms with E-state index in [0.717, 1.165) is 43.1 Å².